The first-order valence-electron chi connectivity index (χ1n) is 7.65. The van der Waals surface area contributed by atoms with Crippen LogP contribution in [0, 0.1) is 0 Å². The summed E-state index contributed by atoms with van der Waals surface area (Å²) in [6.07, 6.45) is 9.22. The van der Waals surface area contributed by atoms with Crippen molar-refractivity contribution in [3.8, 4) is 5.75 Å². The molecule has 0 radical (unpaired) electrons. The molecule has 1 heteroatoms. The van der Waals surface area contributed by atoms with Crippen molar-refractivity contribution in [3.05, 3.63) is 42.5 Å². The van der Waals surface area contributed by atoms with Crippen molar-refractivity contribution in [2.45, 2.75) is 58.3 Å². The number of rotatable bonds is 10. The molecule has 1 aromatic rings. The third kappa shape index (κ3) is 5.96. The van der Waals surface area contributed by atoms with E-state index in [1.54, 1.807) is 0 Å². The number of hydrogen-bond acceptors (Lipinski definition) is 1. The third-order valence-corrected chi connectivity index (χ3v) is 3.56. The van der Waals surface area contributed by atoms with Gasteiger partial charge in [-0.05, 0) is 42.9 Å². The second-order valence-electron chi connectivity index (χ2n) is 5.11. The van der Waals surface area contributed by atoms with E-state index < -0.39 is 0 Å². The molecule has 1 aromatic carbocycles. The molecule has 106 valence electrons. The van der Waals surface area contributed by atoms with Gasteiger partial charge >= 0.3 is 0 Å². The van der Waals surface area contributed by atoms with Crippen molar-refractivity contribution >= 4 is 0 Å². The zero-order valence-corrected chi connectivity index (χ0v) is 12.5. The van der Waals surface area contributed by atoms with Gasteiger partial charge in [-0.2, -0.15) is 0 Å². The Bertz CT molecular complexity index is 339. The van der Waals surface area contributed by atoms with Crippen LogP contribution in [0.2, 0.25) is 0 Å². The summed E-state index contributed by atoms with van der Waals surface area (Å²) in [5.74, 6) is 1.59. The molecule has 0 amide bonds. The van der Waals surface area contributed by atoms with Gasteiger partial charge in [0.1, 0.15) is 5.75 Å². The summed E-state index contributed by atoms with van der Waals surface area (Å²) in [5, 5.41) is 0. The lowest BCUT2D eigenvalue weighted by atomic mass is 9.93. The highest BCUT2D eigenvalue weighted by Crippen LogP contribution is 2.25. The normalized spacial score (nSPS) is 12.1. The smallest absolute Gasteiger partial charge is 0.119 e. The molecule has 0 heterocycles. The lowest BCUT2D eigenvalue weighted by molar-refractivity contribution is 0.305. The Morgan fingerprint density at radius 3 is 2.42 bits per heavy atom. The van der Waals surface area contributed by atoms with E-state index in [4.69, 9.17) is 4.74 Å². The molecule has 0 aliphatic rings. The van der Waals surface area contributed by atoms with Crippen LogP contribution in [0.3, 0.4) is 0 Å². The lowest BCUT2D eigenvalue weighted by Gasteiger charge is -2.14. The summed E-state index contributed by atoms with van der Waals surface area (Å²) < 4.78 is 5.76. The number of allylic oxidation sites excluding steroid dienone is 1. The van der Waals surface area contributed by atoms with Crippen LogP contribution in [0.25, 0.3) is 0 Å². The molecule has 0 spiro atoms. The van der Waals surface area contributed by atoms with Crippen molar-refractivity contribution in [2.24, 2.45) is 0 Å². The second-order valence-corrected chi connectivity index (χ2v) is 5.11. The van der Waals surface area contributed by atoms with Crippen molar-refractivity contribution in [2.75, 3.05) is 6.61 Å². The van der Waals surface area contributed by atoms with Crippen LogP contribution in [0.1, 0.15) is 63.9 Å². The van der Waals surface area contributed by atoms with Gasteiger partial charge in [-0.25, -0.2) is 0 Å². The fraction of sp³-hybridized carbons (Fsp3) is 0.556. The van der Waals surface area contributed by atoms with Crippen molar-refractivity contribution in [1.82, 2.24) is 0 Å². The van der Waals surface area contributed by atoms with Gasteiger partial charge in [-0.3, -0.25) is 0 Å². The predicted molar refractivity (Wildman–Crippen MR) is 83.9 cm³/mol. The minimum atomic E-state index is 0.594. The molecule has 0 saturated carbocycles. The number of hydrogen-bond donors (Lipinski definition) is 0. The van der Waals surface area contributed by atoms with E-state index in [0.717, 1.165) is 31.6 Å². The van der Waals surface area contributed by atoms with Gasteiger partial charge in [0.2, 0.25) is 0 Å². The second kappa shape index (κ2) is 9.66. The van der Waals surface area contributed by atoms with Crippen LogP contribution < -0.4 is 4.74 Å². The summed E-state index contributed by atoms with van der Waals surface area (Å²) in [5.41, 5.74) is 1.39. The SMILES string of the molecule is C=CCC(CC)c1ccc(OCCCCCC)cc1. The maximum atomic E-state index is 5.76. The molecule has 0 saturated heterocycles. The van der Waals surface area contributed by atoms with Crippen LogP contribution >= 0.6 is 0 Å². The average molecular weight is 260 g/mol. The zero-order valence-electron chi connectivity index (χ0n) is 12.5. The van der Waals surface area contributed by atoms with Crippen LogP contribution in [-0.4, -0.2) is 6.61 Å². The molecule has 1 nitrogen and oxygen atoms in total. The van der Waals surface area contributed by atoms with Gasteiger partial charge < -0.3 is 4.74 Å². The van der Waals surface area contributed by atoms with E-state index in [1.807, 2.05) is 6.08 Å². The Hall–Kier alpha value is -1.24. The summed E-state index contributed by atoms with van der Waals surface area (Å²) in [6.45, 7) is 9.13. The Morgan fingerprint density at radius 2 is 1.84 bits per heavy atom. The number of benzene rings is 1. The summed E-state index contributed by atoms with van der Waals surface area (Å²) in [6, 6.07) is 8.58. The van der Waals surface area contributed by atoms with Crippen LogP contribution in [-0.2, 0) is 0 Å². The van der Waals surface area contributed by atoms with Crippen LogP contribution in [0.5, 0.6) is 5.75 Å². The van der Waals surface area contributed by atoms with Gasteiger partial charge in [-0.1, -0.05) is 51.3 Å². The Morgan fingerprint density at radius 1 is 1.11 bits per heavy atom. The van der Waals surface area contributed by atoms with E-state index in [2.05, 4.69) is 44.7 Å². The highest BCUT2D eigenvalue weighted by atomic mass is 16.5. The maximum Gasteiger partial charge on any atom is 0.119 e. The molecule has 0 aromatic heterocycles. The fourth-order valence-electron chi connectivity index (χ4n) is 2.29. The van der Waals surface area contributed by atoms with E-state index in [-0.39, 0.29) is 0 Å². The molecular formula is C18H28O. The predicted octanol–water partition coefficient (Wildman–Crippen LogP) is 5.72. The monoisotopic (exact) mass is 260 g/mol. The molecular weight excluding hydrogens is 232 g/mol. The molecule has 0 fully saturated rings. The molecule has 19 heavy (non-hydrogen) atoms. The number of ether oxygens (including phenoxy) is 1. The Balaban J connectivity index is 2.40. The first-order valence-corrected chi connectivity index (χ1v) is 7.65. The molecule has 0 N–H and O–H groups in total. The number of unbranched alkanes of at least 4 members (excludes halogenated alkanes) is 3. The molecule has 1 unspecified atom stereocenters. The van der Waals surface area contributed by atoms with E-state index >= 15 is 0 Å². The molecule has 0 aliphatic heterocycles. The highest BCUT2D eigenvalue weighted by Gasteiger charge is 2.07. The topological polar surface area (TPSA) is 9.23 Å². The first-order chi connectivity index (χ1) is 9.31. The first kappa shape index (κ1) is 15.8. The quantitative estimate of drug-likeness (QED) is 0.386. The molecule has 1 rings (SSSR count). The maximum absolute atomic E-state index is 5.76. The lowest BCUT2D eigenvalue weighted by Crippen LogP contribution is -1.99. The van der Waals surface area contributed by atoms with Gasteiger partial charge in [0.15, 0.2) is 0 Å². The van der Waals surface area contributed by atoms with Gasteiger partial charge in [0.25, 0.3) is 0 Å². The summed E-state index contributed by atoms with van der Waals surface area (Å²) in [4.78, 5) is 0. The standard InChI is InChI=1S/C18H28O/c1-4-7-8-9-15-19-18-13-11-17(12-14-18)16(6-3)10-5-2/h5,11-14,16H,2,4,6-10,15H2,1,3H3. The third-order valence-electron chi connectivity index (χ3n) is 3.56. The Kier molecular flexibility index (Phi) is 8.04. The average Bonchev–Trinajstić information content (AvgIpc) is 2.45. The highest BCUT2D eigenvalue weighted by molar-refractivity contribution is 5.29. The summed E-state index contributed by atoms with van der Waals surface area (Å²) >= 11 is 0. The largest absolute Gasteiger partial charge is 0.494 e. The summed E-state index contributed by atoms with van der Waals surface area (Å²) in [7, 11) is 0. The van der Waals surface area contributed by atoms with Crippen molar-refractivity contribution in [1.29, 1.82) is 0 Å². The van der Waals surface area contributed by atoms with Crippen molar-refractivity contribution in [3.63, 3.8) is 0 Å². The van der Waals surface area contributed by atoms with E-state index in [0.29, 0.717) is 5.92 Å². The minimum Gasteiger partial charge on any atom is -0.494 e. The molecule has 0 aliphatic carbocycles. The zero-order chi connectivity index (χ0) is 13.9. The van der Waals surface area contributed by atoms with Crippen LogP contribution in [0.15, 0.2) is 36.9 Å². The van der Waals surface area contributed by atoms with E-state index in [9.17, 15) is 0 Å². The fourth-order valence-corrected chi connectivity index (χ4v) is 2.29. The van der Waals surface area contributed by atoms with Crippen LogP contribution in [0.4, 0.5) is 0 Å². The Labute approximate surface area is 118 Å². The van der Waals surface area contributed by atoms with Gasteiger partial charge in [0, 0.05) is 0 Å². The van der Waals surface area contributed by atoms with Gasteiger partial charge in [0.05, 0.1) is 6.61 Å². The van der Waals surface area contributed by atoms with Gasteiger partial charge in [-0.15, -0.1) is 6.58 Å². The molecule has 0 bridgehead atoms. The molecule has 1 atom stereocenters. The van der Waals surface area contributed by atoms with E-state index in [1.165, 1.54) is 24.8 Å². The van der Waals surface area contributed by atoms with Crippen molar-refractivity contribution < 1.29 is 4.74 Å². The minimum absolute atomic E-state index is 0.594.